The average molecular weight is 353 g/mol. The van der Waals surface area contributed by atoms with Crippen LogP contribution in [0.1, 0.15) is 48.0 Å². The van der Waals surface area contributed by atoms with Crippen LogP contribution in [0.4, 0.5) is 5.00 Å². The number of rotatable bonds is 5. The molecule has 2 unspecified atom stereocenters. The molecule has 0 aliphatic carbocycles. The molecule has 134 valence electrons. The third-order valence-corrected chi connectivity index (χ3v) is 5.55. The maximum atomic E-state index is 12.4. The largest absolute Gasteiger partial charge is 0.462 e. The lowest BCUT2D eigenvalue weighted by molar-refractivity contribution is -0.117. The van der Waals surface area contributed by atoms with Crippen molar-refractivity contribution >= 4 is 28.2 Å². The van der Waals surface area contributed by atoms with Crippen LogP contribution in [0.15, 0.2) is 0 Å². The van der Waals surface area contributed by atoms with E-state index >= 15 is 0 Å². The third kappa shape index (κ3) is 4.57. The van der Waals surface area contributed by atoms with Gasteiger partial charge in [0.1, 0.15) is 5.00 Å². The number of anilines is 1. The molecule has 2 heterocycles. The molecule has 0 saturated carbocycles. The summed E-state index contributed by atoms with van der Waals surface area (Å²) in [5.41, 5.74) is 1.38. The molecule has 1 aromatic heterocycles. The van der Waals surface area contributed by atoms with Crippen LogP contribution in [0.5, 0.6) is 0 Å². The van der Waals surface area contributed by atoms with E-state index in [-0.39, 0.29) is 11.9 Å². The smallest absolute Gasteiger partial charge is 0.341 e. The molecular formula is C18H28N2O3S. The molecule has 0 spiro atoms. The molecule has 0 radical (unpaired) electrons. The summed E-state index contributed by atoms with van der Waals surface area (Å²) in [7, 11) is 0. The lowest BCUT2D eigenvalue weighted by Gasteiger charge is -2.34. The number of hydrogen-bond acceptors (Lipinski definition) is 5. The fourth-order valence-corrected chi connectivity index (χ4v) is 4.52. The first-order chi connectivity index (χ1) is 11.3. The number of aryl methyl sites for hydroxylation is 1. The van der Waals surface area contributed by atoms with Crippen molar-refractivity contribution in [3.05, 3.63) is 16.0 Å². The molecule has 1 aromatic rings. The zero-order chi connectivity index (χ0) is 17.9. The minimum Gasteiger partial charge on any atom is -0.462 e. The quantitative estimate of drug-likeness (QED) is 0.825. The Morgan fingerprint density at radius 1 is 1.25 bits per heavy atom. The van der Waals surface area contributed by atoms with Crippen LogP contribution in [-0.4, -0.2) is 43.0 Å². The Morgan fingerprint density at radius 3 is 2.46 bits per heavy atom. The minimum absolute atomic E-state index is 0.0666. The second-order valence-electron chi connectivity index (χ2n) is 6.90. The van der Waals surface area contributed by atoms with Crippen LogP contribution < -0.4 is 5.32 Å². The summed E-state index contributed by atoms with van der Waals surface area (Å²) in [4.78, 5) is 27.9. The van der Waals surface area contributed by atoms with Crippen LogP contribution in [0.2, 0.25) is 0 Å². The minimum atomic E-state index is -0.366. The highest BCUT2D eigenvalue weighted by molar-refractivity contribution is 7.16. The molecule has 1 amide bonds. The first-order valence-corrected chi connectivity index (χ1v) is 9.42. The summed E-state index contributed by atoms with van der Waals surface area (Å²) in [5, 5.41) is 3.53. The van der Waals surface area contributed by atoms with E-state index in [0.717, 1.165) is 23.5 Å². The van der Waals surface area contributed by atoms with Gasteiger partial charge in [-0.15, -0.1) is 11.3 Å². The normalized spacial score (nSPS) is 21.5. The van der Waals surface area contributed by atoms with Crippen LogP contribution in [0.3, 0.4) is 0 Å². The molecule has 2 atom stereocenters. The molecule has 2 rings (SSSR count). The summed E-state index contributed by atoms with van der Waals surface area (Å²) >= 11 is 1.44. The molecule has 24 heavy (non-hydrogen) atoms. The van der Waals surface area contributed by atoms with Crippen LogP contribution in [0.25, 0.3) is 0 Å². The molecule has 1 fully saturated rings. The number of carbonyl (C=O) groups excluding carboxylic acids is 2. The van der Waals surface area contributed by atoms with E-state index < -0.39 is 0 Å². The number of nitrogens with one attached hydrogen (secondary N) is 1. The van der Waals surface area contributed by atoms with E-state index in [2.05, 4.69) is 24.1 Å². The van der Waals surface area contributed by atoms with Gasteiger partial charge in [-0.1, -0.05) is 13.8 Å². The Balaban J connectivity index is 2.06. The Labute approximate surface area is 148 Å². The van der Waals surface area contributed by atoms with Gasteiger partial charge in [0.25, 0.3) is 0 Å². The summed E-state index contributed by atoms with van der Waals surface area (Å²) in [5.74, 6) is 0.795. The number of esters is 1. The van der Waals surface area contributed by atoms with Gasteiger partial charge in [-0.2, -0.15) is 0 Å². The van der Waals surface area contributed by atoms with Crippen molar-refractivity contribution in [2.45, 2.75) is 41.0 Å². The van der Waals surface area contributed by atoms with E-state index in [9.17, 15) is 9.59 Å². The number of piperidine rings is 1. The van der Waals surface area contributed by atoms with Crippen molar-refractivity contribution in [1.29, 1.82) is 0 Å². The fraction of sp³-hybridized carbons (Fsp3) is 0.667. The van der Waals surface area contributed by atoms with Crippen molar-refractivity contribution in [3.8, 4) is 0 Å². The van der Waals surface area contributed by atoms with Crippen molar-refractivity contribution in [3.63, 3.8) is 0 Å². The second-order valence-corrected chi connectivity index (χ2v) is 8.12. The van der Waals surface area contributed by atoms with Gasteiger partial charge in [0.2, 0.25) is 5.91 Å². The number of amides is 1. The van der Waals surface area contributed by atoms with Gasteiger partial charge in [-0.25, -0.2) is 4.79 Å². The standard InChI is InChI=1S/C18H28N2O3S/c1-6-23-18(22)16-13(4)14(5)24-17(16)19-15(21)10-20-8-11(2)7-12(3)9-20/h11-12H,6-10H2,1-5H3,(H,19,21). The lowest BCUT2D eigenvalue weighted by Crippen LogP contribution is -2.42. The number of likely N-dealkylation sites (tertiary alicyclic amines) is 1. The molecular weight excluding hydrogens is 324 g/mol. The molecule has 1 aliphatic rings. The number of thiophene rings is 1. The Bertz CT molecular complexity index is 602. The Hall–Kier alpha value is -1.40. The van der Waals surface area contributed by atoms with Crippen LogP contribution >= 0.6 is 11.3 Å². The first-order valence-electron chi connectivity index (χ1n) is 8.61. The van der Waals surface area contributed by atoms with E-state index in [1.165, 1.54) is 17.8 Å². The summed E-state index contributed by atoms with van der Waals surface area (Å²) < 4.78 is 5.13. The number of ether oxygens (including phenoxy) is 1. The number of carbonyl (C=O) groups is 2. The monoisotopic (exact) mass is 352 g/mol. The topological polar surface area (TPSA) is 58.6 Å². The van der Waals surface area contributed by atoms with Gasteiger partial charge in [-0.3, -0.25) is 9.69 Å². The van der Waals surface area contributed by atoms with Crippen LogP contribution in [0, 0.1) is 25.7 Å². The van der Waals surface area contributed by atoms with Crippen molar-refractivity contribution in [2.24, 2.45) is 11.8 Å². The molecule has 1 saturated heterocycles. The van der Waals surface area contributed by atoms with E-state index in [1.54, 1.807) is 6.92 Å². The maximum absolute atomic E-state index is 12.4. The Morgan fingerprint density at radius 2 is 1.88 bits per heavy atom. The molecule has 1 N–H and O–H groups in total. The second kappa shape index (κ2) is 8.12. The molecule has 1 aliphatic heterocycles. The highest BCUT2D eigenvalue weighted by Gasteiger charge is 2.25. The summed E-state index contributed by atoms with van der Waals surface area (Å²) in [6.07, 6.45) is 1.22. The lowest BCUT2D eigenvalue weighted by atomic mass is 9.92. The number of nitrogens with zero attached hydrogens (tertiary/aromatic N) is 1. The van der Waals surface area contributed by atoms with Gasteiger partial charge in [-0.05, 0) is 44.6 Å². The van der Waals surface area contributed by atoms with E-state index in [4.69, 9.17) is 4.74 Å². The average Bonchev–Trinajstić information content (AvgIpc) is 2.72. The van der Waals surface area contributed by atoms with E-state index in [0.29, 0.717) is 35.6 Å². The first kappa shape index (κ1) is 18.9. The maximum Gasteiger partial charge on any atom is 0.341 e. The predicted octanol–water partition coefficient (Wildman–Crippen LogP) is 3.46. The highest BCUT2D eigenvalue weighted by Crippen LogP contribution is 2.33. The molecule has 0 aromatic carbocycles. The Kier molecular flexibility index (Phi) is 6.40. The van der Waals surface area contributed by atoms with Crippen molar-refractivity contribution in [2.75, 3.05) is 31.6 Å². The van der Waals surface area contributed by atoms with Gasteiger partial charge < -0.3 is 10.1 Å². The SMILES string of the molecule is CCOC(=O)c1c(NC(=O)CN2CC(C)CC(C)C2)sc(C)c1C. The highest BCUT2D eigenvalue weighted by atomic mass is 32.1. The van der Waals surface area contributed by atoms with Gasteiger partial charge in [0.05, 0.1) is 18.7 Å². The van der Waals surface area contributed by atoms with Gasteiger partial charge >= 0.3 is 5.97 Å². The predicted molar refractivity (Wildman–Crippen MR) is 97.8 cm³/mol. The van der Waals surface area contributed by atoms with Crippen molar-refractivity contribution in [1.82, 2.24) is 4.90 Å². The number of hydrogen-bond donors (Lipinski definition) is 1. The molecule has 6 heteroatoms. The van der Waals surface area contributed by atoms with Crippen molar-refractivity contribution < 1.29 is 14.3 Å². The molecule has 0 bridgehead atoms. The fourth-order valence-electron chi connectivity index (χ4n) is 3.45. The summed E-state index contributed by atoms with van der Waals surface area (Å²) in [6.45, 7) is 12.7. The summed E-state index contributed by atoms with van der Waals surface area (Å²) in [6, 6.07) is 0. The van der Waals surface area contributed by atoms with Gasteiger partial charge in [0.15, 0.2) is 0 Å². The van der Waals surface area contributed by atoms with E-state index in [1.807, 2.05) is 13.8 Å². The molecule has 5 nitrogen and oxygen atoms in total. The van der Waals surface area contributed by atoms with Gasteiger partial charge in [0, 0.05) is 18.0 Å². The zero-order valence-electron chi connectivity index (χ0n) is 15.3. The van der Waals surface area contributed by atoms with Crippen LogP contribution in [-0.2, 0) is 9.53 Å². The zero-order valence-corrected chi connectivity index (χ0v) is 16.1. The third-order valence-electron chi connectivity index (χ3n) is 4.43.